The second kappa shape index (κ2) is 4.72. The van der Waals surface area contributed by atoms with Gasteiger partial charge in [0.2, 0.25) is 5.91 Å². The van der Waals surface area contributed by atoms with Gasteiger partial charge in [-0.25, -0.2) is 0 Å². The van der Waals surface area contributed by atoms with Crippen LogP contribution in [0.3, 0.4) is 0 Å². The molecule has 1 fully saturated rings. The summed E-state index contributed by atoms with van der Waals surface area (Å²) in [5.41, 5.74) is 3.92. The van der Waals surface area contributed by atoms with E-state index in [1.165, 1.54) is 22.2 Å². The van der Waals surface area contributed by atoms with Gasteiger partial charge in [-0.05, 0) is 37.8 Å². The van der Waals surface area contributed by atoms with E-state index in [0.29, 0.717) is 5.92 Å². The maximum Gasteiger partial charge on any atom is 0.223 e. The zero-order chi connectivity index (χ0) is 13.4. The smallest absolute Gasteiger partial charge is 0.223 e. The Kier molecular flexibility index (Phi) is 3.05. The fourth-order valence-electron chi connectivity index (χ4n) is 2.72. The zero-order valence-electron chi connectivity index (χ0n) is 11.6. The molecule has 0 radical (unpaired) electrons. The van der Waals surface area contributed by atoms with E-state index in [0.717, 1.165) is 25.8 Å². The summed E-state index contributed by atoms with van der Waals surface area (Å²) in [7, 11) is 2.10. The molecular formula is C16H20N2O. The molecule has 1 aromatic carbocycles. The van der Waals surface area contributed by atoms with Crippen molar-refractivity contribution in [1.82, 2.24) is 9.88 Å². The van der Waals surface area contributed by atoms with E-state index >= 15 is 0 Å². The average molecular weight is 256 g/mol. The monoisotopic (exact) mass is 256 g/mol. The molecule has 0 aliphatic heterocycles. The molecule has 1 N–H and O–H groups in total. The van der Waals surface area contributed by atoms with Crippen LogP contribution in [0.15, 0.2) is 24.3 Å². The van der Waals surface area contributed by atoms with Gasteiger partial charge in [-0.3, -0.25) is 4.79 Å². The van der Waals surface area contributed by atoms with Crippen LogP contribution in [0.5, 0.6) is 0 Å². The lowest BCUT2D eigenvalue weighted by molar-refractivity contribution is -0.122. The van der Waals surface area contributed by atoms with Crippen LogP contribution >= 0.6 is 0 Å². The van der Waals surface area contributed by atoms with Crippen LogP contribution in [0.1, 0.15) is 24.1 Å². The molecule has 0 bridgehead atoms. The largest absolute Gasteiger partial charge is 0.356 e. The van der Waals surface area contributed by atoms with E-state index in [4.69, 9.17) is 0 Å². The van der Waals surface area contributed by atoms with Crippen molar-refractivity contribution < 1.29 is 4.79 Å². The number of nitrogens with zero attached hydrogens (tertiary/aromatic N) is 1. The summed E-state index contributed by atoms with van der Waals surface area (Å²) in [5, 5.41) is 4.35. The van der Waals surface area contributed by atoms with Gasteiger partial charge in [0, 0.05) is 36.1 Å². The van der Waals surface area contributed by atoms with Crippen LogP contribution < -0.4 is 5.32 Å². The molecule has 1 aliphatic carbocycles. The SMILES string of the molecule is Cc1c(CCNC(=O)C2CC2)c2ccccc2n1C. The van der Waals surface area contributed by atoms with Crippen LogP contribution in [0.2, 0.25) is 0 Å². The molecule has 2 aromatic rings. The highest BCUT2D eigenvalue weighted by Gasteiger charge is 2.29. The van der Waals surface area contributed by atoms with Gasteiger partial charge in [-0.1, -0.05) is 18.2 Å². The van der Waals surface area contributed by atoms with Crippen molar-refractivity contribution in [2.45, 2.75) is 26.2 Å². The Hall–Kier alpha value is -1.77. The Bertz CT molecular complexity index is 623. The van der Waals surface area contributed by atoms with Crippen LogP contribution in [0.25, 0.3) is 10.9 Å². The summed E-state index contributed by atoms with van der Waals surface area (Å²) in [6, 6.07) is 8.46. The Balaban J connectivity index is 1.76. The van der Waals surface area contributed by atoms with Crippen LogP contribution in [0.4, 0.5) is 0 Å². The van der Waals surface area contributed by atoms with Crippen molar-refractivity contribution in [2.75, 3.05) is 6.54 Å². The Labute approximate surface area is 113 Å². The molecule has 1 heterocycles. The first-order valence-corrected chi connectivity index (χ1v) is 6.99. The summed E-state index contributed by atoms with van der Waals surface area (Å²) in [5.74, 6) is 0.534. The van der Waals surface area contributed by atoms with Gasteiger partial charge >= 0.3 is 0 Å². The third kappa shape index (κ3) is 2.25. The molecule has 100 valence electrons. The summed E-state index contributed by atoms with van der Waals surface area (Å²) < 4.78 is 2.23. The Morgan fingerprint density at radius 1 is 1.37 bits per heavy atom. The highest BCUT2D eigenvalue weighted by Crippen LogP contribution is 2.29. The first-order chi connectivity index (χ1) is 9.18. The Morgan fingerprint density at radius 3 is 2.84 bits per heavy atom. The van der Waals surface area contributed by atoms with E-state index in [1.54, 1.807) is 0 Å². The summed E-state index contributed by atoms with van der Waals surface area (Å²) in [6.07, 6.45) is 3.05. The number of hydrogen-bond donors (Lipinski definition) is 1. The number of carbonyl (C=O) groups is 1. The van der Waals surface area contributed by atoms with Crippen molar-refractivity contribution in [2.24, 2.45) is 13.0 Å². The van der Waals surface area contributed by atoms with E-state index in [9.17, 15) is 4.79 Å². The van der Waals surface area contributed by atoms with Crippen LogP contribution in [-0.2, 0) is 18.3 Å². The van der Waals surface area contributed by atoms with Crippen molar-refractivity contribution >= 4 is 16.8 Å². The second-order valence-electron chi connectivity index (χ2n) is 5.46. The normalized spacial score (nSPS) is 14.8. The van der Waals surface area contributed by atoms with E-state index in [1.807, 2.05) is 0 Å². The lowest BCUT2D eigenvalue weighted by Gasteiger charge is -2.05. The van der Waals surface area contributed by atoms with Crippen molar-refractivity contribution in [3.63, 3.8) is 0 Å². The van der Waals surface area contributed by atoms with Gasteiger partial charge in [-0.2, -0.15) is 0 Å². The van der Waals surface area contributed by atoms with Crippen molar-refractivity contribution in [3.8, 4) is 0 Å². The topological polar surface area (TPSA) is 34.0 Å². The molecule has 3 nitrogen and oxygen atoms in total. The van der Waals surface area contributed by atoms with E-state index < -0.39 is 0 Å². The van der Waals surface area contributed by atoms with Crippen molar-refractivity contribution in [1.29, 1.82) is 0 Å². The molecule has 3 heteroatoms. The van der Waals surface area contributed by atoms with Gasteiger partial charge in [0.1, 0.15) is 0 Å². The fraction of sp³-hybridized carbons (Fsp3) is 0.438. The van der Waals surface area contributed by atoms with Gasteiger partial charge < -0.3 is 9.88 Å². The van der Waals surface area contributed by atoms with Crippen LogP contribution in [-0.4, -0.2) is 17.0 Å². The fourth-order valence-corrected chi connectivity index (χ4v) is 2.72. The third-order valence-corrected chi connectivity index (χ3v) is 4.15. The number of amides is 1. The molecule has 1 amide bonds. The quantitative estimate of drug-likeness (QED) is 0.896. The van der Waals surface area contributed by atoms with Gasteiger partial charge in [-0.15, -0.1) is 0 Å². The molecule has 0 unspecified atom stereocenters. The van der Waals surface area contributed by atoms with Crippen LogP contribution in [0, 0.1) is 12.8 Å². The van der Waals surface area contributed by atoms with E-state index in [-0.39, 0.29) is 5.91 Å². The number of para-hydroxylation sites is 1. The number of rotatable bonds is 4. The molecular weight excluding hydrogens is 236 g/mol. The van der Waals surface area contributed by atoms with Crippen molar-refractivity contribution in [3.05, 3.63) is 35.5 Å². The molecule has 1 aliphatic rings. The Morgan fingerprint density at radius 2 is 2.11 bits per heavy atom. The second-order valence-corrected chi connectivity index (χ2v) is 5.46. The minimum Gasteiger partial charge on any atom is -0.356 e. The first kappa shape index (κ1) is 12.3. The summed E-state index contributed by atoms with van der Waals surface area (Å²) in [4.78, 5) is 11.6. The van der Waals surface area contributed by atoms with E-state index in [2.05, 4.69) is 48.1 Å². The number of nitrogens with one attached hydrogen (secondary N) is 1. The summed E-state index contributed by atoms with van der Waals surface area (Å²) >= 11 is 0. The number of aromatic nitrogens is 1. The number of carbonyl (C=O) groups excluding carboxylic acids is 1. The molecule has 19 heavy (non-hydrogen) atoms. The van der Waals surface area contributed by atoms with Gasteiger partial charge in [0.05, 0.1) is 0 Å². The minimum absolute atomic E-state index is 0.234. The number of hydrogen-bond acceptors (Lipinski definition) is 1. The predicted octanol–water partition coefficient (Wildman–Crippen LogP) is 2.56. The van der Waals surface area contributed by atoms with Gasteiger partial charge in [0.15, 0.2) is 0 Å². The maximum absolute atomic E-state index is 11.6. The highest BCUT2D eigenvalue weighted by molar-refractivity contribution is 5.85. The summed E-state index contributed by atoms with van der Waals surface area (Å²) in [6.45, 7) is 2.89. The molecule has 1 saturated carbocycles. The lowest BCUT2D eigenvalue weighted by atomic mass is 10.1. The molecule has 0 atom stereocenters. The number of benzene rings is 1. The minimum atomic E-state index is 0.234. The molecule has 3 rings (SSSR count). The highest BCUT2D eigenvalue weighted by atomic mass is 16.2. The lowest BCUT2D eigenvalue weighted by Crippen LogP contribution is -2.27. The molecule has 0 saturated heterocycles. The maximum atomic E-state index is 11.6. The number of aryl methyl sites for hydroxylation is 1. The first-order valence-electron chi connectivity index (χ1n) is 6.99. The standard InChI is InChI=1S/C16H20N2O/c1-11-13(9-10-17-16(19)12-7-8-12)14-5-3-4-6-15(14)18(11)2/h3-6,12H,7-10H2,1-2H3,(H,17,19). The predicted molar refractivity (Wildman–Crippen MR) is 77.1 cm³/mol. The average Bonchev–Trinajstić information content (AvgIpc) is 3.23. The molecule has 0 spiro atoms. The number of fused-ring (bicyclic) bond motifs is 1. The van der Waals surface area contributed by atoms with Gasteiger partial charge in [0.25, 0.3) is 0 Å². The third-order valence-electron chi connectivity index (χ3n) is 4.15. The zero-order valence-corrected chi connectivity index (χ0v) is 11.6. The molecule has 1 aromatic heterocycles.